The number of carbonyl (C=O) groups is 1. The summed E-state index contributed by atoms with van der Waals surface area (Å²) in [6.45, 7) is 4.31. The summed E-state index contributed by atoms with van der Waals surface area (Å²) in [7, 11) is -3.98. The Bertz CT molecular complexity index is 863. The first-order valence-electron chi connectivity index (χ1n) is 6.83. The molecule has 1 aromatic heterocycles. The van der Waals surface area contributed by atoms with Gasteiger partial charge in [0.05, 0.1) is 11.1 Å². The molecular weight excluding hydrogens is 361 g/mol. The Morgan fingerprint density at radius 2 is 2.04 bits per heavy atom. The van der Waals surface area contributed by atoms with E-state index in [1.807, 2.05) is 0 Å². The number of sulfonamides is 1. The van der Waals surface area contributed by atoms with E-state index >= 15 is 0 Å². The number of nitrogens with one attached hydrogen (secondary N) is 2. The summed E-state index contributed by atoms with van der Waals surface area (Å²) in [4.78, 5) is 12.0. The van der Waals surface area contributed by atoms with Crippen LogP contribution in [0.5, 0.6) is 0 Å². The van der Waals surface area contributed by atoms with Gasteiger partial charge in [-0.3, -0.25) is 4.79 Å². The van der Waals surface area contributed by atoms with E-state index in [0.717, 1.165) is 6.07 Å². The minimum atomic E-state index is -3.98. The van der Waals surface area contributed by atoms with Crippen LogP contribution in [0.1, 0.15) is 18.4 Å². The van der Waals surface area contributed by atoms with Crippen molar-refractivity contribution in [3.05, 3.63) is 40.5 Å². The second-order valence-electron chi connectivity index (χ2n) is 5.11. The van der Waals surface area contributed by atoms with E-state index in [-0.39, 0.29) is 27.1 Å². The largest absolute Gasteiger partial charge is 0.360 e. The number of hydrogen-bond donors (Lipinski definition) is 2. The van der Waals surface area contributed by atoms with E-state index in [1.165, 1.54) is 32.9 Å². The van der Waals surface area contributed by atoms with Crippen LogP contribution in [0.15, 0.2) is 27.6 Å². The molecular formula is C14H15ClFN3O4S. The van der Waals surface area contributed by atoms with Crippen molar-refractivity contribution in [1.29, 1.82) is 0 Å². The third kappa shape index (κ3) is 3.92. The SMILES string of the molecule is Cc1noc(C)c1S(=O)(=O)N[C@@H](C)C(=O)Nc1ccc(F)c(Cl)c1. The molecule has 1 amide bonds. The highest BCUT2D eigenvalue weighted by molar-refractivity contribution is 7.89. The molecule has 2 aromatic rings. The number of amides is 1. The zero-order valence-electron chi connectivity index (χ0n) is 13.1. The van der Waals surface area contributed by atoms with Crippen LogP contribution in [-0.4, -0.2) is 25.5 Å². The van der Waals surface area contributed by atoms with Crippen molar-refractivity contribution < 1.29 is 22.1 Å². The summed E-state index contributed by atoms with van der Waals surface area (Å²) in [6.07, 6.45) is 0. The number of nitrogens with zero attached hydrogens (tertiary/aromatic N) is 1. The second-order valence-corrected chi connectivity index (χ2v) is 7.17. The van der Waals surface area contributed by atoms with Gasteiger partial charge in [-0.2, -0.15) is 4.72 Å². The average Bonchev–Trinajstić information content (AvgIpc) is 2.82. The fraction of sp³-hybridized carbons (Fsp3) is 0.286. The molecule has 0 saturated heterocycles. The standard InChI is InChI=1S/C14H15ClFN3O4S/c1-7-13(9(3)23-18-7)24(21,22)19-8(2)14(20)17-10-4-5-12(16)11(15)6-10/h4-6,8,19H,1-3H3,(H,17,20)/t8-/m0/s1. The van der Waals surface area contributed by atoms with Crippen molar-refractivity contribution in [2.75, 3.05) is 5.32 Å². The molecule has 7 nitrogen and oxygen atoms in total. The van der Waals surface area contributed by atoms with Gasteiger partial charge in [-0.15, -0.1) is 0 Å². The molecule has 130 valence electrons. The van der Waals surface area contributed by atoms with E-state index < -0.39 is 27.8 Å². The second kappa shape index (κ2) is 6.88. The van der Waals surface area contributed by atoms with Crippen LogP contribution in [0.4, 0.5) is 10.1 Å². The minimum Gasteiger partial charge on any atom is -0.360 e. The lowest BCUT2D eigenvalue weighted by Gasteiger charge is -2.14. The molecule has 24 heavy (non-hydrogen) atoms. The van der Waals surface area contributed by atoms with Crippen molar-refractivity contribution in [1.82, 2.24) is 9.88 Å². The molecule has 0 aliphatic rings. The van der Waals surface area contributed by atoms with Gasteiger partial charge >= 0.3 is 0 Å². The molecule has 0 radical (unpaired) electrons. The summed E-state index contributed by atoms with van der Waals surface area (Å²) in [5.74, 6) is -1.13. The molecule has 0 saturated carbocycles. The minimum absolute atomic E-state index is 0.105. The molecule has 0 fully saturated rings. The molecule has 0 bridgehead atoms. The lowest BCUT2D eigenvalue weighted by molar-refractivity contribution is -0.117. The number of halogens is 2. The maximum Gasteiger partial charge on any atom is 0.246 e. The monoisotopic (exact) mass is 375 g/mol. The first kappa shape index (κ1) is 18.4. The summed E-state index contributed by atoms with van der Waals surface area (Å²) in [5.41, 5.74) is 0.438. The van der Waals surface area contributed by atoms with Crippen molar-refractivity contribution >= 4 is 33.2 Å². The Hall–Kier alpha value is -1.97. The molecule has 2 rings (SSSR count). The van der Waals surface area contributed by atoms with E-state index in [1.54, 1.807) is 0 Å². The van der Waals surface area contributed by atoms with Crippen LogP contribution in [0, 0.1) is 19.7 Å². The smallest absolute Gasteiger partial charge is 0.246 e. The fourth-order valence-electron chi connectivity index (χ4n) is 2.03. The van der Waals surface area contributed by atoms with Gasteiger partial charge in [0, 0.05) is 5.69 Å². The highest BCUT2D eigenvalue weighted by Gasteiger charge is 2.28. The van der Waals surface area contributed by atoms with Crippen molar-refractivity contribution in [3.63, 3.8) is 0 Å². The maximum absolute atomic E-state index is 13.1. The number of rotatable bonds is 5. The van der Waals surface area contributed by atoms with Gasteiger partial charge < -0.3 is 9.84 Å². The van der Waals surface area contributed by atoms with Crippen molar-refractivity contribution in [2.45, 2.75) is 31.7 Å². The van der Waals surface area contributed by atoms with E-state index in [2.05, 4.69) is 15.2 Å². The Morgan fingerprint density at radius 1 is 1.38 bits per heavy atom. The third-order valence-electron chi connectivity index (χ3n) is 3.15. The normalized spacial score (nSPS) is 12.9. The summed E-state index contributed by atoms with van der Waals surface area (Å²) < 4.78 is 44.8. The highest BCUT2D eigenvalue weighted by atomic mass is 35.5. The van der Waals surface area contributed by atoms with E-state index in [0.29, 0.717) is 0 Å². The van der Waals surface area contributed by atoms with Crippen LogP contribution >= 0.6 is 11.6 Å². The number of aryl methyl sites for hydroxylation is 2. The lowest BCUT2D eigenvalue weighted by atomic mass is 10.3. The number of benzene rings is 1. The van der Waals surface area contributed by atoms with Crippen molar-refractivity contribution in [2.24, 2.45) is 0 Å². The zero-order valence-corrected chi connectivity index (χ0v) is 14.6. The first-order chi connectivity index (χ1) is 11.1. The average molecular weight is 376 g/mol. The molecule has 0 spiro atoms. The summed E-state index contributed by atoms with van der Waals surface area (Å²) >= 11 is 5.63. The van der Waals surface area contributed by atoms with Gasteiger partial charge in [-0.25, -0.2) is 12.8 Å². The van der Waals surface area contributed by atoms with Crippen LogP contribution in [0.25, 0.3) is 0 Å². The van der Waals surface area contributed by atoms with Gasteiger partial charge in [0.1, 0.15) is 16.4 Å². The van der Waals surface area contributed by atoms with E-state index in [4.69, 9.17) is 16.1 Å². The molecule has 2 N–H and O–H groups in total. The molecule has 1 aromatic carbocycles. The van der Waals surface area contributed by atoms with E-state index in [9.17, 15) is 17.6 Å². The first-order valence-corrected chi connectivity index (χ1v) is 8.69. The van der Waals surface area contributed by atoms with Gasteiger partial charge in [0.15, 0.2) is 5.76 Å². The highest BCUT2D eigenvalue weighted by Crippen LogP contribution is 2.21. The Kier molecular flexibility index (Phi) is 5.26. The predicted octanol–water partition coefficient (Wildman–Crippen LogP) is 2.39. The van der Waals surface area contributed by atoms with Gasteiger partial charge in [0.2, 0.25) is 15.9 Å². The van der Waals surface area contributed by atoms with Gasteiger partial charge in [0.25, 0.3) is 0 Å². The molecule has 0 unspecified atom stereocenters. The number of carbonyl (C=O) groups excluding carboxylic acids is 1. The molecule has 0 aliphatic carbocycles. The maximum atomic E-state index is 13.1. The fourth-order valence-corrected chi connectivity index (χ4v) is 3.74. The van der Waals surface area contributed by atoms with Crippen LogP contribution < -0.4 is 10.0 Å². The number of anilines is 1. The predicted molar refractivity (Wildman–Crippen MR) is 85.8 cm³/mol. The number of hydrogen-bond acceptors (Lipinski definition) is 5. The van der Waals surface area contributed by atoms with Crippen LogP contribution in [0.2, 0.25) is 5.02 Å². The lowest BCUT2D eigenvalue weighted by Crippen LogP contribution is -2.41. The van der Waals surface area contributed by atoms with Gasteiger partial charge in [-0.1, -0.05) is 16.8 Å². The molecule has 10 heteroatoms. The van der Waals surface area contributed by atoms with Crippen LogP contribution in [-0.2, 0) is 14.8 Å². The Morgan fingerprint density at radius 3 is 2.58 bits per heavy atom. The summed E-state index contributed by atoms with van der Waals surface area (Å²) in [6, 6.07) is 2.54. The molecule has 1 atom stereocenters. The molecule has 1 heterocycles. The van der Waals surface area contributed by atoms with Crippen molar-refractivity contribution in [3.8, 4) is 0 Å². The zero-order chi connectivity index (χ0) is 18.1. The Balaban J connectivity index is 2.12. The topological polar surface area (TPSA) is 101 Å². The summed E-state index contributed by atoms with van der Waals surface area (Å²) in [5, 5.41) is 5.87. The number of aromatic nitrogens is 1. The molecule has 0 aliphatic heterocycles. The Labute approximate surface area is 143 Å². The van der Waals surface area contributed by atoms with Gasteiger partial charge in [-0.05, 0) is 39.0 Å². The quantitative estimate of drug-likeness (QED) is 0.835. The van der Waals surface area contributed by atoms with Crippen LogP contribution in [0.3, 0.4) is 0 Å². The third-order valence-corrected chi connectivity index (χ3v) is 5.22.